The first kappa shape index (κ1) is 21.6. The Morgan fingerprint density at radius 3 is 2.86 bits per heavy atom. The number of nitrogens with one attached hydrogen (secondary N) is 2. The fourth-order valence-corrected chi connectivity index (χ4v) is 4.03. The molecule has 2 heterocycles. The monoisotopic (exact) mass is 400 g/mol. The molecule has 160 valence electrons. The molecule has 2 fully saturated rings. The minimum absolute atomic E-state index is 0.202. The molecule has 1 saturated carbocycles. The molecule has 4 N–H and O–H groups in total. The lowest BCUT2D eigenvalue weighted by Gasteiger charge is -2.26. The first-order chi connectivity index (χ1) is 14.2. The number of aromatic nitrogens is 2. The predicted molar refractivity (Wildman–Crippen MR) is 119 cm³/mol. The van der Waals surface area contributed by atoms with Gasteiger partial charge < -0.3 is 21.1 Å². The lowest BCUT2D eigenvalue weighted by molar-refractivity contribution is 0.194. The lowest BCUT2D eigenvalue weighted by atomic mass is 9.94. The SMILES string of the molecule is CCCC(C)c1cnc(NC(C=NC2CCOC2)=CN)nc1NC1CCCCC1. The van der Waals surface area contributed by atoms with Crippen molar-refractivity contribution in [1.29, 1.82) is 0 Å². The Morgan fingerprint density at radius 2 is 2.17 bits per heavy atom. The van der Waals surface area contributed by atoms with Gasteiger partial charge in [0.05, 0.1) is 18.3 Å². The van der Waals surface area contributed by atoms with Crippen LogP contribution in [-0.4, -0.2) is 41.5 Å². The van der Waals surface area contributed by atoms with E-state index in [0.29, 0.717) is 30.2 Å². The van der Waals surface area contributed by atoms with E-state index in [2.05, 4.69) is 34.5 Å². The largest absolute Gasteiger partial charge is 0.403 e. The van der Waals surface area contributed by atoms with Crippen molar-refractivity contribution >= 4 is 18.0 Å². The Morgan fingerprint density at radius 1 is 1.34 bits per heavy atom. The maximum absolute atomic E-state index is 5.79. The zero-order valence-electron chi connectivity index (χ0n) is 17.9. The Labute approximate surface area is 174 Å². The minimum Gasteiger partial charge on any atom is -0.403 e. The van der Waals surface area contributed by atoms with E-state index >= 15 is 0 Å². The number of allylic oxidation sites excluding steroid dienone is 1. The van der Waals surface area contributed by atoms with E-state index in [1.165, 1.54) is 43.9 Å². The summed E-state index contributed by atoms with van der Waals surface area (Å²) in [6.07, 6.45) is 14.8. The van der Waals surface area contributed by atoms with Crippen molar-refractivity contribution in [3.63, 3.8) is 0 Å². The van der Waals surface area contributed by atoms with E-state index in [1.54, 1.807) is 6.21 Å². The van der Waals surface area contributed by atoms with Gasteiger partial charge in [0.1, 0.15) is 5.82 Å². The Balaban J connectivity index is 1.74. The number of hydrogen-bond donors (Lipinski definition) is 3. The van der Waals surface area contributed by atoms with Crippen LogP contribution < -0.4 is 16.4 Å². The first-order valence-corrected chi connectivity index (χ1v) is 11.1. The van der Waals surface area contributed by atoms with Gasteiger partial charge in [-0.25, -0.2) is 4.98 Å². The smallest absolute Gasteiger partial charge is 0.229 e. The summed E-state index contributed by atoms with van der Waals surface area (Å²) in [4.78, 5) is 13.9. The molecular formula is C22H36N6O. The van der Waals surface area contributed by atoms with Crippen molar-refractivity contribution in [2.24, 2.45) is 10.7 Å². The Kier molecular flexibility index (Phi) is 8.28. The first-order valence-electron chi connectivity index (χ1n) is 11.1. The van der Waals surface area contributed by atoms with Crippen LogP contribution in [-0.2, 0) is 4.74 Å². The normalized spacial score (nSPS) is 22.1. The molecule has 2 aliphatic rings. The number of rotatable bonds is 9. The maximum Gasteiger partial charge on any atom is 0.229 e. The number of ether oxygens (including phenoxy) is 1. The number of aliphatic imine (C=N–C) groups is 1. The van der Waals surface area contributed by atoms with Gasteiger partial charge in [0.2, 0.25) is 5.95 Å². The van der Waals surface area contributed by atoms with Crippen LogP contribution in [0.4, 0.5) is 11.8 Å². The highest BCUT2D eigenvalue weighted by Crippen LogP contribution is 2.29. The average Bonchev–Trinajstić information content (AvgIpc) is 3.26. The van der Waals surface area contributed by atoms with Crippen molar-refractivity contribution < 1.29 is 4.74 Å². The summed E-state index contributed by atoms with van der Waals surface area (Å²) in [6, 6.07) is 0.695. The molecule has 3 rings (SSSR count). The van der Waals surface area contributed by atoms with Gasteiger partial charge in [-0.3, -0.25) is 4.99 Å². The molecule has 1 aromatic heterocycles. The van der Waals surface area contributed by atoms with Gasteiger partial charge in [-0.15, -0.1) is 0 Å². The summed E-state index contributed by atoms with van der Waals surface area (Å²) in [7, 11) is 0. The predicted octanol–water partition coefficient (Wildman–Crippen LogP) is 4.20. The molecule has 1 saturated heterocycles. The topological polar surface area (TPSA) is 97.5 Å². The quantitative estimate of drug-likeness (QED) is 0.538. The molecule has 0 aromatic carbocycles. The highest BCUT2D eigenvalue weighted by atomic mass is 16.5. The standard InChI is InChI=1S/C22H36N6O/c1-3-7-16(2)20-14-25-22(28-21(20)26-17-8-5-4-6-9-17)27-19(12-23)13-24-18-10-11-29-15-18/h12-14,16-18H,3-11,15,23H2,1-2H3,(H2,25,26,27,28). The van der Waals surface area contributed by atoms with E-state index in [1.807, 2.05) is 6.20 Å². The number of nitrogens with zero attached hydrogens (tertiary/aromatic N) is 3. The third kappa shape index (κ3) is 6.42. The molecule has 2 unspecified atom stereocenters. The molecule has 1 aliphatic heterocycles. The second-order valence-electron chi connectivity index (χ2n) is 8.21. The Bertz CT molecular complexity index is 693. The lowest BCUT2D eigenvalue weighted by Crippen LogP contribution is -2.24. The maximum atomic E-state index is 5.79. The molecular weight excluding hydrogens is 364 g/mol. The summed E-state index contributed by atoms with van der Waals surface area (Å²) < 4.78 is 5.37. The van der Waals surface area contributed by atoms with E-state index in [-0.39, 0.29) is 6.04 Å². The molecule has 0 bridgehead atoms. The third-order valence-corrected chi connectivity index (χ3v) is 5.78. The molecule has 0 radical (unpaired) electrons. The second kappa shape index (κ2) is 11.1. The molecule has 2 atom stereocenters. The van der Waals surface area contributed by atoms with Crippen LogP contribution in [0, 0.1) is 0 Å². The van der Waals surface area contributed by atoms with Crippen LogP contribution in [0.1, 0.15) is 76.7 Å². The van der Waals surface area contributed by atoms with Gasteiger partial charge in [-0.2, -0.15) is 4.98 Å². The summed E-state index contributed by atoms with van der Waals surface area (Å²) >= 11 is 0. The van der Waals surface area contributed by atoms with E-state index in [4.69, 9.17) is 15.5 Å². The Hall–Kier alpha value is -2.15. The summed E-state index contributed by atoms with van der Waals surface area (Å²) in [6.45, 7) is 5.91. The summed E-state index contributed by atoms with van der Waals surface area (Å²) in [5, 5.41) is 6.92. The van der Waals surface area contributed by atoms with Gasteiger partial charge in [-0.05, 0) is 31.6 Å². The van der Waals surface area contributed by atoms with Crippen LogP contribution in [0.2, 0.25) is 0 Å². The van der Waals surface area contributed by atoms with Gasteiger partial charge in [-0.1, -0.05) is 39.5 Å². The highest BCUT2D eigenvalue weighted by molar-refractivity contribution is 5.82. The molecule has 0 spiro atoms. The van der Waals surface area contributed by atoms with Crippen LogP contribution in [0.15, 0.2) is 23.1 Å². The summed E-state index contributed by atoms with van der Waals surface area (Å²) in [5.41, 5.74) is 7.67. The molecule has 7 heteroatoms. The van der Waals surface area contributed by atoms with E-state index < -0.39 is 0 Å². The van der Waals surface area contributed by atoms with E-state index in [0.717, 1.165) is 31.7 Å². The second-order valence-corrected chi connectivity index (χ2v) is 8.21. The zero-order valence-corrected chi connectivity index (χ0v) is 17.9. The van der Waals surface area contributed by atoms with E-state index in [9.17, 15) is 0 Å². The third-order valence-electron chi connectivity index (χ3n) is 5.78. The van der Waals surface area contributed by atoms with Crippen molar-refractivity contribution in [3.05, 3.63) is 23.7 Å². The number of anilines is 2. The van der Waals surface area contributed by atoms with Gasteiger partial charge in [0.25, 0.3) is 0 Å². The molecule has 0 amide bonds. The molecule has 1 aromatic rings. The van der Waals surface area contributed by atoms with Crippen molar-refractivity contribution in [3.8, 4) is 0 Å². The highest BCUT2D eigenvalue weighted by Gasteiger charge is 2.19. The van der Waals surface area contributed by atoms with Crippen molar-refractivity contribution in [2.75, 3.05) is 23.8 Å². The summed E-state index contributed by atoms with van der Waals surface area (Å²) in [5.74, 6) is 1.92. The number of nitrogens with two attached hydrogens (primary N) is 1. The molecule has 1 aliphatic carbocycles. The number of hydrogen-bond acceptors (Lipinski definition) is 7. The molecule has 29 heavy (non-hydrogen) atoms. The van der Waals surface area contributed by atoms with Crippen LogP contribution >= 0.6 is 0 Å². The van der Waals surface area contributed by atoms with Gasteiger partial charge >= 0.3 is 0 Å². The van der Waals surface area contributed by atoms with Gasteiger partial charge in [0.15, 0.2) is 0 Å². The van der Waals surface area contributed by atoms with Crippen LogP contribution in [0.3, 0.4) is 0 Å². The van der Waals surface area contributed by atoms with Crippen molar-refractivity contribution in [1.82, 2.24) is 9.97 Å². The minimum atomic E-state index is 0.202. The average molecular weight is 401 g/mol. The van der Waals surface area contributed by atoms with Crippen LogP contribution in [0.25, 0.3) is 0 Å². The van der Waals surface area contributed by atoms with Crippen molar-refractivity contribution in [2.45, 2.75) is 83.2 Å². The fraction of sp³-hybridized carbons (Fsp3) is 0.682. The fourth-order valence-electron chi connectivity index (χ4n) is 4.03. The van der Waals surface area contributed by atoms with Gasteiger partial charge in [0, 0.05) is 36.8 Å². The molecule has 7 nitrogen and oxygen atoms in total. The van der Waals surface area contributed by atoms with Crippen LogP contribution in [0.5, 0.6) is 0 Å². The zero-order chi connectivity index (χ0) is 20.5.